The Hall–Kier alpha value is -3.45. The average Bonchev–Trinajstić information content (AvgIpc) is 2.64. The van der Waals surface area contributed by atoms with Gasteiger partial charge in [-0.1, -0.05) is 17.7 Å². The lowest BCUT2D eigenvalue weighted by Gasteiger charge is -2.10. The molecule has 2 amide bonds. The summed E-state index contributed by atoms with van der Waals surface area (Å²) in [7, 11) is 0. The maximum atomic E-state index is 12.5. The van der Waals surface area contributed by atoms with Crippen LogP contribution in [0.15, 0.2) is 54.9 Å². The number of aromatic nitrogens is 2. The molecule has 2 aromatic carbocycles. The van der Waals surface area contributed by atoms with Crippen LogP contribution < -0.4 is 16.0 Å². The van der Waals surface area contributed by atoms with Crippen molar-refractivity contribution < 1.29 is 9.59 Å². The molecule has 0 aliphatic rings. The Kier molecular flexibility index (Phi) is 5.86. The van der Waals surface area contributed by atoms with Crippen LogP contribution >= 0.6 is 11.6 Å². The molecular formula is C20H18ClN5O2. The minimum Gasteiger partial charge on any atom is -0.340 e. The molecule has 0 aliphatic carbocycles. The first-order valence-corrected chi connectivity index (χ1v) is 8.83. The Labute approximate surface area is 167 Å². The lowest BCUT2D eigenvalue weighted by atomic mass is 10.2. The molecule has 28 heavy (non-hydrogen) atoms. The molecule has 1 heterocycles. The van der Waals surface area contributed by atoms with Crippen LogP contribution in [0.2, 0.25) is 5.02 Å². The van der Waals surface area contributed by atoms with Gasteiger partial charge in [0.1, 0.15) is 17.8 Å². The summed E-state index contributed by atoms with van der Waals surface area (Å²) in [5.74, 6) is -0.0942. The van der Waals surface area contributed by atoms with Crippen molar-refractivity contribution in [2.24, 2.45) is 0 Å². The largest absolute Gasteiger partial charge is 0.340 e. The normalized spacial score (nSPS) is 10.2. The number of carbonyl (C=O) groups excluding carboxylic acids is 2. The van der Waals surface area contributed by atoms with E-state index in [1.165, 1.54) is 13.3 Å². The lowest BCUT2D eigenvalue weighted by Crippen LogP contribution is -2.15. The van der Waals surface area contributed by atoms with Gasteiger partial charge in [-0.2, -0.15) is 0 Å². The summed E-state index contributed by atoms with van der Waals surface area (Å²) < 4.78 is 0. The second-order valence-electron chi connectivity index (χ2n) is 6.09. The van der Waals surface area contributed by atoms with E-state index >= 15 is 0 Å². The van der Waals surface area contributed by atoms with E-state index in [-0.39, 0.29) is 11.6 Å². The maximum Gasteiger partial charge on any atom is 0.274 e. The van der Waals surface area contributed by atoms with Crippen molar-refractivity contribution in [3.8, 4) is 0 Å². The van der Waals surface area contributed by atoms with Crippen molar-refractivity contribution in [3.05, 3.63) is 71.1 Å². The number of nitrogens with one attached hydrogen (secondary N) is 3. The Morgan fingerprint density at radius 1 is 0.964 bits per heavy atom. The summed E-state index contributed by atoms with van der Waals surface area (Å²) in [6.45, 7) is 3.34. The van der Waals surface area contributed by atoms with Gasteiger partial charge in [-0.25, -0.2) is 9.97 Å². The van der Waals surface area contributed by atoms with E-state index in [0.29, 0.717) is 22.2 Å². The molecular weight excluding hydrogens is 378 g/mol. The number of rotatable bonds is 5. The number of carbonyl (C=O) groups is 2. The Morgan fingerprint density at radius 3 is 2.43 bits per heavy atom. The van der Waals surface area contributed by atoms with E-state index in [4.69, 9.17) is 11.6 Å². The fraction of sp³-hybridized carbons (Fsp3) is 0.100. The van der Waals surface area contributed by atoms with Gasteiger partial charge < -0.3 is 16.0 Å². The monoisotopic (exact) mass is 395 g/mol. The van der Waals surface area contributed by atoms with Gasteiger partial charge in [0.05, 0.1) is 0 Å². The zero-order chi connectivity index (χ0) is 20.1. The number of aryl methyl sites for hydroxylation is 1. The molecule has 0 saturated carbocycles. The molecule has 0 spiro atoms. The molecule has 0 unspecified atom stereocenters. The van der Waals surface area contributed by atoms with Gasteiger partial charge in [-0.3, -0.25) is 9.59 Å². The highest BCUT2D eigenvalue weighted by molar-refractivity contribution is 6.30. The van der Waals surface area contributed by atoms with E-state index in [0.717, 1.165) is 11.3 Å². The van der Waals surface area contributed by atoms with Crippen molar-refractivity contribution >= 4 is 46.3 Å². The van der Waals surface area contributed by atoms with E-state index < -0.39 is 5.91 Å². The first kappa shape index (κ1) is 19.3. The zero-order valence-electron chi connectivity index (χ0n) is 15.3. The van der Waals surface area contributed by atoms with Gasteiger partial charge in [-0.05, 0) is 48.9 Å². The van der Waals surface area contributed by atoms with Crippen LogP contribution in [0.25, 0.3) is 0 Å². The van der Waals surface area contributed by atoms with Crippen molar-refractivity contribution in [2.45, 2.75) is 13.8 Å². The number of hydrogen-bond donors (Lipinski definition) is 3. The predicted molar refractivity (Wildman–Crippen MR) is 110 cm³/mol. The van der Waals surface area contributed by atoms with Gasteiger partial charge in [0.25, 0.3) is 5.91 Å². The molecule has 0 atom stereocenters. The summed E-state index contributed by atoms with van der Waals surface area (Å²) in [6.07, 6.45) is 1.32. The third-order valence-corrected chi connectivity index (χ3v) is 4.03. The summed E-state index contributed by atoms with van der Waals surface area (Å²) in [5.41, 5.74) is 3.12. The topological polar surface area (TPSA) is 96.0 Å². The number of benzene rings is 2. The van der Waals surface area contributed by atoms with Crippen LogP contribution in [0.1, 0.15) is 23.0 Å². The second-order valence-corrected chi connectivity index (χ2v) is 6.53. The average molecular weight is 396 g/mol. The highest BCUT2D eigenvalue weighted by Gasteiger charge is 2.11. The molecule has 0 aliphatic heterocycles. The van der Waals surface area contributed by atoms with E-state index in [2.05, 4.69) is 25.9 Å². The van der Waals surface area contributed by atoms with Crippen LogP contribution in [-0.4, -0.2) is 21.8 Å². The molecule has 3 rings (SSSR count). The summed E-state index contributed by atoms with van der Waals surface area (Å²) in [4.78, 5) is 31.9. The van der Waals surface area contributed by atoms with Crippen molar-refractivity contribution in [1.29, 1.82) is 0 Å². The Balaban J connectivity index is 1.74. The molecule has 0 fully saturated rings. The Morgan fingerprint density at radius 2 is 1.71 bits per heavy atom. The lowest BCUT2D eigenvalue weighted by molar-refractivity contribution is -0.114. The van der Waals surface area contributed by atoms with Crippen molar-refractivity contribution in [3.63, 3.8) is 0 Å². The second kappa shape index (κ2) is 8.49. The number of halogens is 1. The van der Waals surface area contributed by atoms with Gasteiger partial charge in [0, 0.05) is 35.1 Å². The van der Waals surface area contributed by atoms with Gasteiger partial charge in [-0.15, -0.1) is 0 Å². The van der Waals surface area contributed by atoms with Crippen LogP contribution in [0.3, 0.4) is 0 Å². The molecule has 142 valence electrons. The van der Waals surface area contributed by atoms with Gasteiger partial charge >= 0.3 is 0 Å². The summed E-state index contributed by atoms with van der Waals surface area (Å²) in [6, 6.07) is 13.9. The van der Waals surface area contributed by atoms with Crippen LogP contribution in [-0.2, 0) is 4.79 Å². The minimum atomic E-state index is -0.391. The molecule has 3 N–H and O–H groups in total. The molecule has 0 bridgehead atoms. The fourth-order valence-corrected chi connectivity index (χ4v) is 2.75. The third-order valence-electron chi connectivity index (χ3n) is 3.79. The third kappa shape index (κ3) is 5.05. The minimum absolute atomic E-state index is 0.188. The zero-order valence-corrected chi connectivity index (χ0v) is 16.0. The number of hydrogen-bond acceptors (Lipinski definition) is 5. The number of anilines is 4. The molecule has 1 aromatic heterocycles. The van der Waals surface area contributed by atoms with Crippen LogP contribution in [0.4, 0.5) is 22.9 Å². The maximum absolute atomic E-state index is 12.5. The highest BCUT2D eigenvalue weighted by atomic mass is 35.5. The van der Waals surface area contributed by atoms with E-state index in [1.807, 2.05) is 19.1 Å². The first-order valence-electron chi connectivity index (χ1n) is 8.45. The standard InChI is InChI=1S/C20H18ClN5O2/c1-12-8-14(21)6-7-17(12)26-19-10-18(22-11-23-19)20(28)25-16-5-3-4-15(9-16)24-13(2)27/h3-11H,1-2H3,(H,24,27)(H,25,28)(H,22,23,26). The van der Waals surface area contributed by atoms with Gasteiger partial charge in [0.15, 0.2) is 0 Å². The number of nitrogens with zero attached hydrogens (tertiary/aromatic N) is 2. The summed E-state index contributed by atoms with van der Waals surface area (Å²) in [5, 5.41) is 9.22. The fourth-order valence-electron chi connectivity index (χ4n) is 2.53. The molecule has 7 nitrogen and oxygen atoms in total. The van der Waals surface area contributed by atoms with Crippen LogP contribution in [0, 0.1) is 6.92 Å². The van der Waals surface area contributed by atoms with E-state index in [9.17, 15) is 9.59 Å². The van der Waals surface area contributed by atoms with Crippen molar-refractivity contribution in [2.75, 3.05) is 16.0 Å². The molecule has 8 heteroatoms. The van der Waals surface area contributed by atoms with E-state index in [1.54, 1.807) is 36.4 Å². The van der Waals surface area contributed by atoms with Crippen molar-refractivity contribution in [1.82, 2.24) is 9.97 Å². The highest BCUT2D eigenvalue weighted by Crippen LogP contribution is 2.23. The predicted octanol–water partition coefficient (Wildman–Crippen LogP) is 4.39. The molecule has 3 aromatic rings. The quantitative estimate of drug-likeness (QED) is 0.595. The SMILES string of the molecule is CC(=O)Nc1cccc(NC(=O)c2cc(Nc3ccc(Cl)cc3C)ncn2)c1. The first-order chi connectivity index (χ1) is 13.4. The summed E-state index contributed by atoms with van der Waals surface area (Å²) >= 11 is 5.97. The smallest absolute Gasteiger partial charge is 0.274 e. The molecule has 0 radical (unpaired) electrons. The van der Waals surface area contributed by atoms with Gasteiger partial charge in [0.2, 0.25) is 5.91 Å². The molecule has 0 saturated heterocycles. The van der Waals surface area contributed by atoms with Crippen LogP contribution in [0.5, 0.6) is 0 Å². The Bertz CT molecular complexity index is 1040. The number of amides is 2.